The van der Waals surface area contributed by atoms with Crippen molar-refractivity contribution >= 4 is 49.6 Å². The third kappa shape index (κ3) is 5.33. The van der Waals surface area contributed by atoms with Gasteiger partial charge in [0.1, 0.15) is 0 Å². The van der Waals surface area contributed by atoms with E-state index in [1.165, 1.54) is 110 Å². The van der Waals surface area contributed by atoms with E-state index in [1.54, 1.807) is 0 Å². The highest BCUT2D eigenvalue weighted by molar-refractivity contribution is 6.10. The summed E-state index contributed by atoms with van der Waals surface area (Å²) in [6.07, 6.45) is 0. The van der Waals surface area contributed by atoms with Crippen molar-refractivity contribution in [3.63, 3.8) is 0 Å². The Morgan fingerprint density at radius 1 is 0.284 bits per heavy atom. The normalized spacial score (nSPS) is 16.5. The van der Waals surface area contributed by atoms with Gasteiger partial charge in [0.25, 0.3) is 0 Å². The Morgan fingerprint density at radius 2 is 0.743 bits per heavy atom. The van der Waals surface area contributed by atoms with E-state index >= 15 is 0 Å². The fourth-order valence-electron chi connectivity index (χ4n) is 14.2. The van der Waals surface area contributed by atoms with Crippen LogP contribution >= 0.6 is 0 Å². The lowest BCUT2D eigenvalue weighted by Crippen LogP contribution is -2.54. The van der Waals surface area contributed by atoms with Crippen LogP contribution in [0, 0.1) is 0 Å². The number of fused-ring (bicyclic) bond motifs is 9. The fraction of sp³-hybridized carbons (Fsp3) is 0.0278. The van der Waals surface area contributed by atoms with Gasteiger partial charge in [0, 0.05) is 33.5 Å². The molecule has 3 aliphatic carbocycles. The molecule has 0 unspecified atom stereocenters. The molecule has 2 nitrogen and oxygen atoms in total. The predicted molar refractivity (Wildman–Crippen MR) is 307 cm³/mol. The highest BCUT2D eigenvalue weighted by atomic mass is 15.1. The van der Waals surface area contributed by atoms with Crippen LogP contribution < -0.4 is 4.90 Å². The van der Waals surface area contributed by atoms with Gasteiger partial charge in [-0.15, -0.1) is 0 Å². The van der Waals surface area contributed by atoms with Crippen LogP contribution in [-0.4, -0.2) is 4.57 Å². The molecule has 0 saturated heterocycles. The van der Waals surface area contributed by atoms with Crippen LogP contribution in [0.1, 0.15) is 33.4 Å². The number of benzene rings is 12. The predicted octanol–water partition coefficient (Wildman–Crippen LogP) is 18.4. The van der Waals surface area contributed by atoms with Crippen LogP contribution in [-0.2, 0) is 10.8 Å². The number of anilines is 3. The van der Waals surface area contributed by atoms with E-state index in [2.05, 4.69) is 289 Å². The first-order valence-electron chi connectivity index (χ1n) is 25.8. The fourth-order valence-corrected chi connectivity index (χ4v) is 14.2. The van der Waals surface area contributed by atoms with Crippen molar-refractivity contribution in [1.82, 2.24) is 4.57 Å². The van der Waals surface area contributed by atoms with Crippen LogP contribution in [0.5, 0.6) is 0 Å². The quantitative estimate of drug-likeness (QED) is 0.161. The molecule has 2 heteroatoms. The van der Waals surface area contributed by atoms with E-state index in [-0.39, 0.29) is 0 Å². The zero-order valence-corrected chi connectivity index (χ0v) is 40.5. The summed E-state index contributed by atoms with van der Waals surface area (Å²) in [5.74, 6) is 0. The number of para-hydroxylation sites is 2. The van der Waals surface area contributed by atoms with Crippen LogP contribution in [0.3, 0.4) is 0 Å². The third-order valence-corrected chi connectivity index (χ3v) is 16.9. The average molecular weight is 939 g/mol. The molecule has 74 heavy (non-hydrogen) atoms. The van der Waals surface area contributed by atoms with Crippen LogP contribution in [0.2, 0.25) is 0 Å². The van der Waals surface area contributed by atoms with Gasteiger partial charge >= 0.3 is 0 Å². The number of hydrogen-bond donors (Lipinski definition) is 0. The Labute approximate surface area is 430 Å². The topological polar surface area (TPSA) is 8.17 Å². The minimum absolute atomic E-state index is 0.551. The van der Waals surface area contributed by atoms with Gasteiger partial charge < -0.3 is 9.47 Å². The van der Waals surface area contributed by atoms with E-state index in [4.69, 9.17) is 0 Å². The number of hydrogen-bond acceptors (Lipinski definition) is 1. The zero-order chi connectivity index (χ0) is 48.5. The van der Waals surface area contributed by atoms with Gasteiger partial charge in [0.15, 0.2) is 0 Å². The smallest absolute Gasteiger partial charge is 0.0654 e. The Balaban J connectivity index is 0.925. The monoisotopic (exact) mass is 938 g/mol. The maximum Gasteiger partial charge on any atom is 0.0654 e. The molecule has 344 valence electrons. The molecular formula is C72H46N2. The summed E-state index contributed by atoms with van der Waals surface area (Å²) in [6, 6.07) is 105. The van der Waals surface area contributed by atoms with Gasteiger partial charge in [-0.2, -0.15) is 0 Å². The minimum Gasteiger partial charge on any atom is -0.310 e. The lowest BCUT2D eigenvalue weighted by molar-refractivity contribution is 0.433. The molecular weight excluding hydrogens is 893 g/mol. The maximum atomic E-state index is 2.45. The molecule has 0 radical (unpaired) electrons. The van der Waals surface area contributed by atoms with Crippen molar-refractivity contribution in [2.45, 2.75) is 10.8 Å². The second kappa shape index (κ2) is 15.5. The summed E-state index contributed by atoms with van der Waals surface area (Å²) in [7, 11) is 0. The molecule has 0 bridgehead atoms. The lowest BCUT2D eigenvalue weighted by atomic mass is 9.43. The molecule has 1 aromatic heterocycles. The average Bonchev–Trinajstić information content (AvgIpc) is 4.00. The lowest BCUT2D eigenvalue weighted by Gasteiger charge is -2.57. The molecule has 0 fully saturated rings. The van der Waals surface area contributed by atoms with Gasteiger partial charge in [-0.25, -0.2) is 0 Å². The maximum absolute atomic E-state index is 2.45. The molecule has 0 aliphatic heterocycles. The Bertz CT molecular complexity index is 4280. The van der Waals surface area contributed by atoms with E-state index in [0.717, 1.165) is 22.7 Å². The van der Waals surface area contributed by atoms with E-state index < -0.39 is 10.8 Å². The Kier molecular flexibility index (Phi) is 8.62. The van der Waals surface area contributed by atoms with Gasteiger partial charge in [-0.3, -0.25) is 0 Å². The van der Waals surface area contributed by atoms with Gasteiger partial charge in [-0.05, 0) is 143 Å². The molecule has 3 aliphatic rings. The minimum atomic E-state index is -0.597. The molecule has 1 heterocycles. The van der Waals surface area contributed by atoms with Crippen molar-refractivity contribution < 1.29 is 0 Å². The molecule has 12 aromatic carbocycles. The summed E-state index contributed by atoms with van der Waals surface area (Å²) in [6.45, 7) is 0. The Morgan fingerprint density at radius 3 is 1.32 bits per heavy atom. The molecule has 0 saturated carbocycles. The summed E-state index contributed by atoms with van der Waals surface area (Å²) in [5, 5.41) is 5.13. The highest BCUT2D eigenvalue weighted by Crippen LogP contribution is 2.74. The summed E-state index contributed by atoms with van der Waals surface area (Å²) >= 11 is 0. The molecule has 0 N–H and O–H groups in total. The van der Waals surface area contributed by atoms with Crippen molar-refractivity contribution in [2.24, 2.45) is 0 Å². The molecule has 16 rings (SSSR count). The van der Waals surface area contributed by atoms with Gasteiger partial charge in [0.05, 0.1) is 21.9 Å². The highest BCUT2D eigenvalue weighted by Gasteiger charge is 2.68. The zero-order valence-electron chi connectivity index (χ0n) is 40.5. The second-order valence-corrected chi connectivity index (χ2v) is 20.3. The second-order valence-electron chi connectivity index (χ2n) is 20.3. The number of rotatable bonds is 6. The third-order valence-electron chi connectivity index (χ3n) is 16.9. The SMILES string of the molecule is c1ccc(-c2ccc(N(c3ccc(-c4ccc5cccc6c5c4C45c7ccccc7-c7ccccc7C64c4ccccc4-c4ccccc45)cc3)c3cccc(-n4c5ccccc5c5ccccc54)c3)cc2)cc1. The van der Waals surface area contributed by atoms with Crippen molar-refractivity contribution in [1.29, 1.82) is 0 Å². The van der Waals surface area contributed by atoms with Gasteiger partial charge in [-0.1, -0.05) is 224 Å². The standard InChI is InChI=1S/C72H46N2/c1-2-18-47(19-3-1)48-36-41-51(42-37-48)73(53-21-17-22-54(46-53)74-67-34-14-8-27-60(67)61-28-9-15-35-68(61)74)52-43-38-49(39-44-52)55-45-40-50-20-16-33-66-69(50)70(55)72-64-31-12-6-25-58(64)56-23-4-10-29-62(56)71(66,72)63-30-11-5-24-57(63)59-26-7-13-32-65(59)72/h1-46H. The molecule has 0 amide bonds. The van der Waals surface area contributed by atoms with Gasteiger partial charge in [0.2, 0.25) is 0 Å². The van der Waals surface area contributed by atoms with Crippen molar-refractivity contribution in [2.75, 3.05) is 4.90 Å². The first-order chi connectivity index (χ1) is 36.7. The largest absolute Gasteiger partial charge is 0.310 e. The number of nitrogens with zero attached hydrogens (tertiary/aromatic N) is 2. The number of aromatic nitrogens is 1. The summed E-state index contributed by atoms with van der Waals surface area (Å²) in [4.78, 5) is 2.42. The first-order valence-corrected chi connectivity index (χ1v) is 25.8. The van der Waals surface area contributed by atoms with Crippen molar-refractivity contribution in [3.8, 4) is 50.2 Å². The molecule has 0 atom stereocenters. The summed E-state index contributed by atoms with van der Waals surface area (Å²) in [5.41, 5.74) is 23.9. The summed E-state index contributed by atoms with van der Waals surface area (Å²) < 4.78 is 2.41. The van der Waals surface area contributed by atoms with E-state index in [1.807, 2.05) is 0 Å². The van der Waals surface area contributed by atoms with Crippen LogP contribution in [0.25, 0.3) is 82.8 Å². The van der Waals surface area contributed by atoms with Crippen molar-refractivity contribution in [3.05, 3.63) is 312 Å². The first kappa shape index (κ1) is 41.2. The van der Waals surface area contributed by atoms with E-state index in [0.29, 0.717) is 0 Å². The Hall–Kier alpha value is -9.50. The van der Waals surface area contributed by atoms with Crippen LogP contribution in [0.4, 0.5) is 17.1 Å². The van der Waals surface area contributed by atoms with E-state index in [9.17, 15) is 0 Å². The molecule has 0 spiro atoms. The van der Waals surface area contributed by atoms with Crippen LogP contribution in [0.15, 0.2) is 279 Å². The molecule has 13 aromatic rings.